The summed E-state index contributed by atoms with van der Waals surface area (Å²) in [6, 6.07) is 0. The Labute approximate surface area is 221 Å². The summed E-state index contributed by atoms with van der Waals surface area (Å²) in [5.41, 5.74) is 2.18. The van der Waals surface area contributed by atoms with Crippen LogP contribution in [0.3, 0.4) is 0 Å². The average Bonchev–Trinajstić information content (AvgIpc) is 3.17. The van der Waals surface area contributed by atoms with Crippen LogP contribution in [0, 0.1) is 40.4 Å². The van der Waals surface area contributed by atoms with Gasteiger partial charge in [0.2, 0.25) is 5.91 Å². The SMILES string of the molecule is CC(=O)NCC(C)CC1C(=O)C(C)=C2C3(C)CCC4C(CC=C5CC(OC(C)=O)CCC54C)C3CC21O. The second-order valence-electron chi connectivity index (χ2n) is 13.5. The highest BCUT2D eigenvalue weighted by atomic mass is 16.5. The monoisotopic (exact) mass is 511 g/mol. The number of carbonyl (C=O) groups is 3. The maximum absolute atomic E-state index is 13.5. The molecular formula is C31H45NO5. The van der Waals surface area contributed by atoms with Crippen molar-refractivity contribution in [2.75, 3.05) is 6.54 Å². The average molecular weight is 512 g/mol. The molecule has 204 valence electrons. The van der Waals surface area contributed by atoms with Gasteiger partial charge in [-0.15, -0.1) is 0 Å². The fraction of sp³-hybridized carbons (Fsp3) is 0.774. The number of ether oxygens (including phenoxy) is 1. The Kier molecular flexibility index (Phi) is 6.53. The highest BCUT2D eigenvalue weighted by Crippen LogP contribution is 2.71. The van der Waals surface area contributed by atoms with E-state index in [1.165, 1.54) is 19.4 Å². The Bertz CT molecular complexity index is 1080. The molecule has 0 aromatic rings. The third-order valence-electron chi connectivity index (χ3n) is 11.3. The highest BCUT2D eigenvalue weighted by Gasteiger charge is 2.68. The number of hydrogen-bond donors (Lipinski definition) is 2. The molecule has 2 N–H and O–H groups in total. The lowest BCUT2D eigenvalue weighted by Gasteiger charge is -2.57. The maximum atomic E-state index is 13.5. The minimum absolute atomic E-state index is 0.00663. The lowest BCUT2D eigenvalue weighted by Crippen LogP contribution is -2.49. The van der Waals surface area contributed by atoms with Crippen LogP contribution in [0.2, 0.25) is 0 Å². The van der Waals surface area contributed by atoms with Crippen molar-refractivity contribution in [2.45, 2.75) is 105 Å². The molecule has 0 radical (unpaired) electrons. The maximum Gasteiger partial charge on any atom is 0.302 e. The van der Waals surface area contributed by atoms with Crippen LogP contribution in [-0.4, -0.2) is 41.0 Å². The molecule has 6 heteroatoms. The van der Waals surface area contributed by atoms with Crippen LogP contribution in [0.25, 0.3) is 0 Å². The molecule has 0 aliphatic heterocycles. The molecule has 0 aromatic heterocycles. The summed E-state index contributed by atoms with van der Waals surface area (Å²) in [5.74, 6) is 0.935. The van der Waals surface area contributed by atoms with Crippen molar-refractivity contribution in [1.29, 1.82) is 0 Å². The number of rotatable bonds is 5. The smallest absolute Gasteiger partial charge is 0.302 e. The number of esters is 1. The van der Waals surface area contributed by atoms with Crippen LogP contribution < -0.4 is 5.32 Å². The molecule has 37 heavy (non-hydrogen) atoms. The van der Waals surface area contributed by atoms with Crippen LogP contribution in [0.1, 0.15) is 92.9 Å². The van der Waals surface area contributed by atoms with Gasteiger partial charge in [-0.2, -0.15) is 0 Å². The van der Waals surface area contributed by atoms with Gasteiger partial charge in [-0.25, -0.2) is 0 Å². The van der Waals surface area contributed by atoms with Gasteiger partial charge in [0.05, 0.1) is 11.5 Å². The molecule has 0 bridgehead atoms. The van der Waals surface area contributed by atoms with Crippen LogP contribution in [-0.2, 0) is 19.1 Å². The first-order valence-electron chi connectivity index (χ1n) is 14.4. The first-order chi connectivity index (χ1) is 17.3. The molecule has 5 rings (SSSR count). The number of nitrogens with one attached hydrogen (secondary N) is 1. The summed E-state index contributed by atoms with van der Waals surface area (Å²) in [5, 5.41) is 15.2. The summed E-state index contributed by atoms with van der Waals surface area (Å²) in [6.45, 7) is 12.3. The molecule has 5 aliphatic carbocycles. The zero-order chi connectivity index (χ0) is 26.9. The summed E-state index contributed by atoms with van der Waals surface area (Å²) in [6.07, 6.45) is 9.58. The third kappa shape index (κ3) is 4.04. The Morgan fingerprint density at radius 3 is 2.54 bits per heavy atom. The van der Waals surface area contributed by atoms with E-state index >= 15 is 0 Å². The molecule has 1 amide bonds. The van der Waals surface area contributed by atoms with E-state index in [1.807, 2.05) is 6.92 Å². The molecule has 3 saturated carbocycles. The van der Waals surface area contributed by atoms with Gasteiger partial charge >= 0.3 is 5.97 Å². The van der Waals surface area contributed by atoms with Crippen molar-refractivity contribution in [3.63, 3.8) is 0 Å². The van der Waals surface area contributed by atoms with Crippen LogP contribution >= 0.6 is 0 Å². The van der Waals surface area contributed by atoms with Crippen molar-refractivity contribution in [3.8, 4) is 0 Å². The minimum Gasteiger partial charge on any atom is -0.462 e. The van der Waals surface area contributed by atoms with Gasteiger partial charge in [0.15, 0.2) is 5.78 Å². The van der Waals surface area contributed by atoms with Crippen molar-refractivity contribution in [3.05, 3.63) is 22.8 Å². The van der Waals surface area contributed by atoms with E-state index in [4.69, 9.17) is 4.74 Å². The van der Waals surface area contributed by atoms with Crippen molar-refractivity contribution in [1.82, 2.24) is 5.32 Å². The number of ketones is 1. The minimum atomic E-state index is -1.07. The van der Waals surface area contributed by atoms with Gasteiger partial charge in [-0.05, 0) is 97.5 Å². The number of fused-ring (bicyclic) bond motifs is 7. The number of Topliss-reactive ketones (excluding diaryl/α,β-unsaturated/α-hetero) is 1. The van der Waals surface area contributed by atoms with Crippen LogP contribution in [0.4, 0.5) is 0 Å². The molecule has 0 heterocycles. The second-order valence-corrected chi connectivity index (χ2v) is 13.5. The fourth-order valence-corrected chi connectivity index (χ4v) is 9.68. The molecule has 6 nitrogen and oxygen atoms in total. The van der Waals surface area contributed by atoms with E-state index in [2.05, 4.69) is 32.2 Å². The summed E-state index contributed by atoms with van der Waals surface area (Å²) in [7, 11) is 0. The van der Waals surface area contributed by atoms with Gasteiger partial charge < -0.3 is 15.2 Å². The number of aliphatic hydroxyl groups is 1. The lowest BCUT2D eigenvalue weighted by atomic mass is 9.47. The summed E-state index contributed by atoms with van der Waals surface area (Å²) < 4.78 is 5.59. The zero-order valence-corrected chi connectivity index (χ0v) is 23.5. The largest absolute Gasteiger partial charge is 0.462 e. The summed E-state index contributed by atoms with van der Waals surface area (Å²) in [4.78, 5) is 36.5. The van der Waals surface area contributed by atoms with Crippen molar-refractivity contribution in [2.24, 2.45) is 40.4 Å². The Hall–Kier alpha value is -1.95. The normalized spacial score (nSPS) is 43.3. The molecule has 5 aliphatic rings. The van der Waals surface area contributed by atoms with E-state index in [9.17, 15) is 19.5 Å². The zero-order valence-electron chi connectivity index (χ0n) is 23.5. The molecule has 0 spiro atoms. The third-order valence-corrected chi connectivity index (χ3v) is 11.3. The molecule has 3 fully saturated rings. The summed E-state index contributed by atoms with van der Waals surface area (Å²) >= 11 is 0. The molecule has 0 aromatic carbocycles. The Morgan fingerprint density at radius 2 is 1.86 bits per heavy atom. The quantitative estimate of drug-likeness (QED) is 0.405. The van der Waals surface area contributed by atoms with Crippen LogP contribution in [0.5, 0.6) is 0 Å². The Morgan fingerprint density at radius 1 is 1.16 bits per heavy atom. The first kappa shape index (κ1) is 26.6. The van der Waals surface area contributed by atoms with Gasteiger partial charge in [0, 0.05) is 26.8 Å². The number of allylic oxidation sites excluding steroid dienone is 2. The van der Waals surface area contributed by atoms with Gasteiger partial charge in [-0.3, -0.25) is 14.4 Å². The van der Waals surface area contributed by atoms with E-state index < -0.39 is 11.5 Å². The molecular weight excluding hydrogens is 466 g/mol. The number of hydrogen-bond acceptors (Lipinski definition) is 5. The van der Waals surface area contributed by atoms with Crippen molar-refractivity contribution >= 4 is 17.7 Å². The van der Waals surface area contributed by atoms with E-state index in [-0.39, 0.29) is 40.5 Å². The number of carbonyl (C=O) groups excluding carboxylic acids is 3. The standard InChI is InChI=1S/C31H45NO5/c1-17(16-32-19(3)33)13-25-27(35)18(2)28-30(6)12-10-24-23(26(30)15-31(25,28)36)8-7-21-14-22(37-20(4)34)9-11-29(21,24)5/h7,17,22-26,36H,8-16H2,1-6H3,(H,32,33). The highest BCUT2D eigenvalue weighted by molar-refractivity contribution is 6.02. The lowest BCUT2D eigenvalue weighted by molar-refractivity contribution is -0.148. The van der Waals surface area contributed by atoms with Crippen LogP contribution in [0.15, 0.2) is 22.8 Å². The first-order valence-corrected chi connectivity index (χ1v) is 14.4. The van der Waals surface area contributed by atoms with E-state index in [1.54, 1.807) is 0 Å². The van der Waals surface area contributed by atoms with E-state index in [0.29, 0.717) is 37.1 Å². The molecule has 0 saturated heterocycles. The van der Waals surface area contributed by atoms with Gasteiger partial charge in [0.1, 0.15) is 6.10 Å². The topological polar surface area (TPSA) is 92.7 Å². The predicted molar refractivity (Wildman–Crippen MR) is 141 cm³/mol. The second kappa shape index (κ2) is 9.07. The number of amides is 1. The predicted octanol–water partition coefficient (Wildman–Crippen LogP) is 4.90. The van der Waals surface area contributed by atoms with Crippen molar-refractivity contribution < 1.29 is 24.2 Å². The van der Waals surface area contributed by atoms with E-state index in [0.717, 1.165) is 49.7 Å². The van der Waals surface area contributed by atoms with Gasteiger partial charge in [0.25, 0.3) is 0 Å². The molecule has 9 atom stereocenters. The fourth-order valence-electron chi connectivity index (χ4n) is 9.68. The molecule has 9 unspecified atom stereocenters. The van der Waals surface area contributed by atoms with Gasteiger partial charge in [-0.1, -0.05) is 32.4 Å². The Balaban J connectivity index is 1.42.